The fourth-order valence-corrected chi connectivity index (χ4v) is 4.34. The normalized spacial score (nSPS) is 25.0. The summed E-state index contributed by atoms with van der Waals surface area (Å²) in [6, 6.07) is 0.578. The van der Waals surface area contributed by atoms with Crippen LogP contribution in [0.15, 0.2) is 5.38 Å². The van der Waals surface area contributed by atoms with Crippen molar-refractivity contribution in [3.8, 4) is 0 Å². The van der Waals surface area contributed by atoms with E-state index in [1.165, 1.54) is 55.9 Å². The molecule has 130 valence electrons. The Morgan fingerprint density at radius 2 is 2.22 bits per heavy atom. The minimum absolute atomic E-state index is 0.501. The van der Waals surface area contributed by atoms with Gasteiger partial charge in [0, 0.05) is 24.6 Å². The molecule has 0 saturated carbocycles. The Morgan fingerprint density at radius 1 is 1.39 bits per heavy atom. The molecule has 5 heteroatoms. The van der Waals surface area contributed by atoms with Gasteiger partial charge < -0.3 is 10.1 Å². The number of hydrogen-bond donors (Lipinski definition) is 1. The minimum Gasteiger partial charge on any atom is -0.378 e. The van der Waals surface area contributed by atoms with Crippen molar-refractivity contribution in [3.63, 3.8) is 0 Å². The molecule has 1 N–H and O–H groups in total. The molecular weight excluding hydrogens is 306 g/mol. The third kappa shape index (κ3) is 5.52. The molecule has 2 aliphatic heterocycles. The first-order chi connectivity index (χ1) is 11.2. The van der Waals surface area contributed by atoms with Gasteiger partial charge in [0.05, 0.1) is 16.8 Å². The summed E-state index contributed by atoms with van der Waals surface area (Å²) in [6.07, 6.45) is 6.78. The summed E-state index contributed by atoms with van der Waals surface area (Å²) < 4.78 is 5.74. The van der Waals surface area contributed by atoms with Crippen LogP contribution in [-0.4, -0.2) is 48.3 Å². The van der Waals surface area contributed by atoms with Gasteiger partial charge in [0.1, 0.15) is 0 Å². The second-order valence-corrected chi connectivity index (χ2v) is 8.32. The Hall–Kier alpha value is -0.490. The highest BCUT2D eigenvalue weighted by atomic mass is 32.1. The molecular formula is C18H31N3OS. The van der Waals surface area contributed by atoms with Crippen molar-refractivity contribution >= 4 is 11.3 Å². The summed E-state index contributed by atoms with van der Waals surface area (Å²) in [5.41, 5.74) is 1.24. The third-order valence-electron chi connectivity index (χ3n) is 5.15. The molecule has 1 aromatic heterocycles. The van der Waals surface area contributed by atoms with Crippen molar-refractivity contribution in [1.29, 1.82) is 0 Å². The summed E-state index contributed by atoms with van der Waals surface area (Å²) >= 11 is 1.76. The summed E-state index contributed by atoms with van der Waals surface area (Å²) in [5.74, 6) is 0.829. The van der Waals surface area contributed by atoms with Gasteiger partial charge in [-0.1, -0.05) is 0 Å². The van der Waals surface area contributed by atoms with Crippen LogP contribution in [-0.2, 0) is 11.3 Å². The molecule has 2 atom stereocenters. The van der Waals surface area contributed by atoms with Crippen LogP contribution in [0.3, 0.4) is 0 Å². The van der Waals surface area contributed by atoms with Crippen molar-refractivity contribution in [2.45, 2.75) is 64.6 Å². The zero-order valence-corrected chi connectivity index (χ0v) is 15.4. The van der Waals surface area contributed by atoms with E-state index in [2.05, 4.69) is 34.4 Å². The van der Waals surface area contributed by atoms with Crippen LogP contribution in [0, 0.1) is 12.8 Å². The Balaban J connectivity index is 1.31. The summed E-state index contributed by atoms with van der Waals surface area (Å²) in [7, 11) is 0. The molecule has 4 nitrogen and oxygen atoms in total. The number of hydrogen-bond acceptors (Lipinski definition) is 5. The van der Waals surface area contributed by atoms with E-state index in [1.807, 2.05) is 0 Å². The molecule has 2 aliphatic rings. The predicted octanol–water partition coefficient (Wildman–Crippen LogP) is 3.21. The molecule has 1 aromatic rings. The summed E-state index contributed by atoms with van der Waals surface area (Å²) in [6.45, 7) is 9.98. The van der Waals surface area contributed by atoms with Gasteiger partial charge >= 0.3 is 0 Å². The van der Waals surface area contributed by atoms with E-state index in [0.717, 1.165) is 25.6 Å². The number of piperidine rings is 1. The van der Waals surface area contributed by atoms with Crippen molar-refractivity contribution < 1.29 is 4.74 Å². The molecule has 2 saturated heterocycles. The fourth-order valence-electron chi connectivity index (χ4n) is 3.73. The Labute approximate surface area is 144 Å². The quantitative estimate of drug-likeness (QED) is 0.829. The summed E-state index contributed by atoms with van der Waals surface area (Å²) in [4.78, 5) is 7.14. The third-order valence-corrected chi connectivity index (χ3v) is 5.98. The standard InChI is InChI=1S/C18H31N3OS/c1-14(10-18-4-3-9-22-18)19-11-16-5-7-21(8-6-16)12-17-13-23-15(2)20-17/h13-14,16,18-19H,3-12H2,1-2H3. The van der Waals surface area contributed by atoms with Gasteiger partial charge in [-0.05, 0) is 71.5 Å². The van der Waals surface area contributed by atoms with Gasteiger partial charge in [-0.25, -0.2) is 4.98 Å². The van der Waals surface area contributed by atoms with Gasteiger partial charge in [0.15, 0.2) is 0 Å². The molecule has 0 bridgehead atoms. The fraction of sp³-hybridized carbons (Fsp3) is 0.833. The average Bonchev–Trinajstić information content (AvgIpc) is 3.18. The van der Waals surface area contributed by atoms with E-state index in [-0.39, 0.29) is 0 Å². The van der Waals surface area contributed by atoms with E-state index in [0.29, 0.717) is 12.1 Å². The molecule has 0 amide bonds. The van der Waals surface area contributed by atoms with E-state index >= 15 is 0 Å². The second-order valence-electron chi connectivity index (χ2n) is 7.26. The number of aryl methyl sites for hydroxylation is 1. The zero-order chi connectivity index (χ0) is 16.1. The number of aromatic nitrogens is 1. The molecule has 0 spiro atoms. The lowest BCUT2D eigenvalue weighted by Gasteiger charge is -2.32. The molecule has 23 heavy (non-hydrogen) atoms. The Kier molecular flexibility index (Phi) is 6.45. The molecule has 2 fully saturated rings. The smallest absolute Gasteiger partial charge is 0.0897 e. The minimum atomic E-state index is 0.501. The molecule has 0 aromatic carbocycles. The zero-order valence-electron chi connectivity index (χ0n) is 14.6. The van der Waals surface area contributed by atoms with Crippen LogP contribution in [0.2, 0.25) is 0 Å². The molecule has 0 aliphatic carbocycles. The number of likely N-dealkylation sites (tertiary alicyclic amines) is 1. The highest BCUT2D eigenvalue weighted by molar-refractivity contribution is 7.09. The number of nitrogens with zero attached hydrogens (tertiary/aromatic N) is 2. The van der Waals surface area contributed by atoms with Crippen LogP contribution >= 0.6 is 11.3 Å². The van der Waals surface area contributed by atoms with Crippen molar-refractivity contribution in [2.75, 3.05) is 26.2 Å². The largest absolute Gasteiger partial charge is 0.378 e. The van der Waals surface area contributed by atoms with E-state index < -0.39 is 0 Å². The highest BCUT2D eigenvalue weighted by Crippen LogP contribution is 2.20. The van der Waals surface area contributed by atoms with Crippen LogP contribution in [0.25, 0.3) is 0 Å². The second kappa shape index (κ2) is 8.56. The van der Waals surface area contributed by atoms with Gasteiger partial charge in [-0.3, -0.25) is 4.90 Å². The lowest BCUT2D eigenvalue weighted by Crippen LogP contribution is -2.39. The highest BCUT2D eigenvalue weighted by Gasteiger charge is 2.22. The molecule has 3 heterocycles. The lowest BCUT2D eigenvalue weighted by molar-refractivity contribution is 0.0948. The van der Waals surface area contributed by atoms with Crippen molar-refractivity contribution in [1.82, 2.24) is 15.2 Å². The van der Waals surface area contributed by atoms with Crippen LogP contribution in [0.1, 0.15) is 49.7 Å². The first kappa shape index (κ1) is 17.3. The van der Waals surface area contributed by atoms with Gasteiger partial charge in [0.25, 0.3) is 0 Å². The Morgan fingerprint density at radius 3 is 2.87 bits per heavy atom. The average molecular weight is 338 g/mol. The first-order valence-corrected chi connectivity index (χ1v) is 10.1. The van der Waals surface area contributed by atoms with Crippen molar-refractivity contribution in [3.05, 3.63) is 16.1 Å². The van der Waals surface area contributed by atoms with E-state index in [1.54, 1.807) is 11.3 Å². The maximum absolute atomic E-state index is 5.74. The molecule has 0 radical (unpaired) electrons. The summed E-state index contributed by atoms with van der Waals surface area (Å²) in [5, 5.41) is 7.12. The van der Waals surface area contributed by atoms with Crippen LogP contribution < -0.4 is 5.32 Å². The predicted molar refractivity (Wildman–Crippen MR) is 95.9 cm³/mol. The number of nitrogens with one attached hydrogen (secondary N) is 1. The van der Waals surface area contributed by atoms with Gasteiger partial charge in [-0.15, -0.1) is 11.3 Å². The number of thiazole rings is 1. The maximum atomic E-state index is 5.74. The topological polar surface area (TPSA) is 37.4 Å². The first-order valence-electron chi connectivity index (χ1n) is 9.17. The number of rotatable bonds is 7. The lowest BCUT2D eigenvalue weighted by atomic mass is 9.96. The van der Waals surface area contributed by atoms with Gasteiger partial charge in [0.2, 0.25) is 0 Å². The number of ether oxygens (including phenoxy) is 1. The molecule has 2 unspecified atom stereocenters. The van der Waals surface area contributed by atoms with Crippen LogP contribution in [0.5, 0.6) is 0 Å². The van der Waals surface area contributed by atoms with E-state index in [4.69, 9.17) is 4.74 Å². The maximum Gasteiger partial charge on any atom is 0.0897 e. The Bertz CT molecular complexity index is 465. The van der Waals surface area contributed by atoms with Crippen molar-refractivity contribution in [2.24, 2.45) is 5.92 Å². The SMILES string of the molecule is Cc1nc(CN2CCC(CNC(C)CC3CCCO3)CC2)cs1. The van der Waals surface area contributed by atoms with Crippen LogP contribution in [0.4, 0.5) is 0 Å². The monoisotopic (exact) mass is 337 g/mol. The molecule has 3 rings (SSSR count). The van der Waals surface area contributed by atoms with E-state index in [9.17, 15) is 0 Å². The van der Waals surface area contributed by atoms with Gasteiger partial charge in [-0.2, -0.15) is 0 Å².